The third-order valence-corrected chi connectivity index (χ3v) is 7.37. The van der Waals surface area contributed by atoms with Crippen molar-refractivity contribution in [3.8, 4) is 16.9 Å². The second-order valence-electron chi connectivity index (χ2n) is 7.54. The van der Waals surface area contributed by atoms with E-state index in [-0.39, 0.29) is 4.90 Å². The Morgan fingerprint density at radius 3 is 2.23 bits per heavy atom. The summed E-state index contributed by atoms with van der Waals surface area (Å²) in [4.78, 5) is 4.77. The van der Waals surface area contributed by atoms with Gasteiger partial charge in [-0.25, -0.2) is 8.42 Å². The predicted octanol–water partition coefficient (Wildman–Crippen LogP) is 5.29. The smallest absolute Gasteiger partial charge is 0.243 e. The SMILES string of the molecule is COc1cc(S(=O)(=O)N2CCCCC2)ccc1N=Cc1ccc(-c2ccccc2)cc1. The molecule has 31 heavy (non-hydrogen) atoms. The summed E-state index contributed by atoms with van der Waals surface area (Å²) in [6.45, 7) is 1.15. The summed E-state index contributed by atoms with van der Waals surface area (Å²) < 4.78 is 32.8. The topological polar surface area (TPSA) is 59.0 Å². The largest absolute Gasteiger partial charge is 0.494 e. The molecule has 0 bridgehead atoms. The van der Waals surface area contributed by atoms with Gasteiger partial charge in [0.15, 0.2) is 0 Å². The highest BCUT2D eigenvalue weighted by atomic mass is 32.2. The van der Waals surface area contributed by atoms with Gasteiger partial charge in [-0.1, -0.05) is 61.0 Å². The summed E-state index contributed by atoms with van der Waals surface area (Å²) in [5, 5.41) is 0. The van der Waals surface area contributed by atoms with E-state index in [0.29, 0.717) is 24.5 Å². The number of methoxy groups -OCH3 is 1. The molecule has 0 radical (unpaired) electrons. The Morgan fingerprint density at radius 2 is 1.55 bits per heavy atom. The van der Waals surface area contributed by atoms with Gasteiger partial charge in [-0.15, -0.1) is 0 Å². The Balaban J connectivity index is 1.54. The average Bonchev–Trinajstić information content (AvgIpc) is 2.84. The molecule has 0 amide bonds. The molecule has 1 fully saturated rings. The van der Waals surface area contributed by atoms with E-state index >= 15 is 0 Å². The zero-order valence-corrected chi connectivity index (χ0v) is 18.4. The van der Waals surface area contributed by atoms with Crippen LogP contribution in [0.1, 0.15) is 24.8 Å². The molecule has 0 spiro atoms. The first kappa shape index (κ1) is 21.3. The number of hydrogen-bond donors (Lipinski definition) is 0. The van der Waals surface area contributed by atoms with E-state index in [9.17, 15) is 8.42 Å². The van der Waals surface area contributed by atoms with Crippen molar-refractivity contribution in [2.24, 2.45) is 4.99 Å². The molecule has 5 nitrogen and oxygen atoms in total. The van der Waals surface area contributed by atoms with Crippen molar-refractivity contribution in [1.82, 2.24) is 4.31 Å². The first-order chi connectivity index (χ1) is 15.1. The lowest BCUT2D eigenvalue weighted by Gasteiger charge is -2.26. The number of sulfonamides is 1. The predicted molar refractivity (Wildman–Crippen MR) is 125 cm³/mol. The van der Waals surface area contributed by atoms with Gasteiger partial charge in [0.05, 0.1) is 12.0 Å². The van der Waals surface area contributed by atoms with Gasteiger partial charge in [0.2, 0.25) is 10.0 Å². The van der Waals surface area contributed by atoms with Crippen LogP contribution < -0.4 is 4.74 Å². The number of aliphatic imine (C=N–C) groups is 1. The zero-order valence-electron chi connectivity index (χ0n) is 17.6. The zero-order chi connectivity index (χ0) is 21.7. The van der Waals surface area contributed by atoms with Gasteiger partial charge in [0, 0.05) is 25.4 Å². The molecule has 6 heteroatoms. The maximum atomic E-state index is 12.9. The third kappa shape index (κ3) is 4.86. The molecule has 0 saturated carbocycles. The van der Waals surface area contributed by atoms with Gasteiger partial charge in [-0.05, 0) is 41.7 Å². The van der Waals surface area contributed by atoms with Gasteiger partial charge in [0.25, 0.3) is 0 Å². The van der Waals surface area contributed by atoms with Crippen molar-refractivity contribution in [2.45, 2.75) is 24.2 Å². The fourth-order valence-corrected chi connectivity index (χ4v) is 5.25. The monoisotopic (exact) mass is 434 g/mol. The Kier molecular flexibility index (Phi) is 6.49. The molecular formula is C25H26N2O3S. The maximum Gasteiger partial charge on any atom is 0.243 e. The molecule has 0 atom stereocenters. The minimum atomic E-state index is -3.51. The molecule has 4 rings (SSSR count). The average molecular weight is 435 g/mol. The Labute approximate surface area is 184 Å². The van der Waals surface area contributed by atoms with Crippen LogP contribution in [-0.4, -0.2) is 39.1 Å². The van der Waals surface area contributed by atoms with Crippen LogP contribution in [0.15, 0.2) is 82.7 Å². The summed E-state index contributed by atoms with van der Waals surface area (Å²) in [6, 6.07) is 23.2. The number of hydrogen-bond acceptors (Lipinski definition) is 4. The van der Waals surface area contributed by atoms with E-state index in [1.54, 1.807) is 28.7 Å². The molecular weight excluding hydrogens is 408 g/mol. The Morgan fingerprint density at radius 1 is 0.871 bits per heavy atom. The highest BCUT2D eigenvalue weighted by Gasteiger charge is 2.26. The molecule has 1 heterocycles. The molecule has 0 unspecified atom stereocenters. The molecule has 160 valence electrons. The highest BCUT2D eigenvalue weighted by Crippen LogP contribution is 2.32. The second-order valence-corrected chi connectivity index (χ2v) is 9.48. The normalized spacial score (nSPS) is 15.3. The van der Waals surface area contributed by atoms with E-state index < -0.39 is 10.0 Å². The summed E-state index contributed by atoms with van der Waals surface area (Å²) in [7, 11) is -1.98. The van der Waals surface area contributed by atoms with E-state index in [2.05, 4.69) is 29.3 Å². The molecule has 3 aromatic carbocycles. The lowest BCUT2D eigenvalue weighted by atomic mass is 10.0. The van der Waals surface area contributed by atoms with E-state index in [1.807, 2.05) is 30.3 Å². The Bertz CT molecular complexity index is 1150. The van der Waals surface area contributed by atoms with Crippen LogP contribution in [0, 0.1) is 0 Å². The molecule has 0 N–H and O–H groups in total. The van der Waals surface area contributed by atoms with Crippen LogP contribution in [0.25, 0.3) is 11.1 Å². The summed E-state index contributed by atoms with van der Waals surface area (Å²) in [5.74, 6) is 0.440. The third-order valence-electron chi connectivity index (χ3n) is 5.47. The second kappa shape index (κ2) is 9.45. The van der Waals surface area contributed by atoms with Crippen LogP contribution >= 0.6 is 0 Å². The number of piperidine rings is 1. The quantitative estimate of drug-likeness (QED) is 0.496. The van der Waals surface area contributed by atoms with Crippen molar-refractivity contribution in [1.29, 1.82) is 0 Å². The summed E-state index contributed by atoms with van der Waals surface area (Å²) in [5.41, 5.74) is 3.85. The van der Waals surface area contributed by atoms with Crippen LogP contribution in [0.3, 0.4) is 0 Å². The van der Waals surface area contributed by atoms with Crippen LogP contribution in [-0.2, 0) is 10.0 Å². The van der Waals surface area contributed by atoms with E-state index in [1.165, 1.54) is 7.11 Å². The van der Waals surface area contributed by atoms with Gasteiger partial charge >= 0.3 is 0 Å². The van der Waals surface area contributed by atoms with Crippen molar-refractivity contribution in [3.05, 3.63) is 78.4 Å². The number of rotatable bonds is 6. The number of nitrogens with zero attached hydrogens (tertiary/aromatic N) is 2. The first-order valence-corrected chi connectivity index (χ1v) is 11.9. The molecule has 1 saturated heterocycles. The van der Waals surface area contributed by atoms with Crippen molar-refractivity contribution in [3.63, 3.8) is 0 Å². The molecule has 1 aliphatic rings. The van der Waals surface area contributed by atoms with Crippen LogP contribution in [0.4, 0.5) is 5.69 Å². The Hall–Kier alpha value is -2.96. The van der Waals surface area contributed by atoms with Crippen molar-refractivity contribution >= 4 is 21.9 Å². The minimum absolute atomic E-state index is 0.248. The van der Waals surface area contributed by atoms with Crippen LogP contribution in [0.2, 0.25) is 0 Å². The van der Waals surface area contributed by atoms with Crippen molar-refractivity contribution < 1.29 is 13.2 Å². The lowest BCUT2D eigenvalue weighted by Crippen LogP contribution is -2.35. The van der Waals surface area contributed by atoms with E-state index in [4.69, 9.17) is 4.74 Å². The molecule has 0 aromatic heterocycles. The molecule has 1 aliphatic heterocycles. The standard InChI is InChI=1S/C25H26N2O3S/c1-30-25-18-23(31(28,29)27-16-6-3-7-17-27)14-15-24(25)26-19-20-10-12-22(13-11-20)21-8-4-2-5-9-21/h2,4-5,8-15,18-19H,3,6-7,16-17H2,1H3. The maximum absolute atomic E-state index is 12.9. The summed E-state index contributed by atoms with van der Waals surface area (Å²) >= 11 is 0. The summed E-state index contributed by atoms with van der Waals surface area (Å²) in [6.07, 6.45) is 4.64. The molecule has 3 aromatic rings. The first-order valence-electron chi connectivity index (χ1n) is 10.5. The lowest BCUT2D eigenvalue weighted by molar-refractivity contribution is 0.346. The highest BCUT2D eigenvalue weighted by molar-refractivity contribution is 7.89. The fraction of sp³-hybridized carbons (Fsp3) is 0.240. The number of ether oxygens (including phenoxy) is 1. The number of benzene rings is 3. The minimum Gasteiger partial charge on any atom is -0.494 e. The van der Waals surface area contributed by atoms with Gasteiger partial charge in [-0.3, -0.25) is 4.99 Å². The van der Waals surface area contributed by atoms with E-state index in [0.717, 1.165) is 36.0 Å². The van der Waals surface area contributed by atoms with Crippen LogP contribution in [0.5, 0.6) is 5.75 Å². The molecule has 0 aliphatic carbocycles. The van der Waals surface area contributed by atoms with Gasteiger partial charge < -0.3 is 4.74 Å². The van der Waals surface area contributed by atoms with Crippen molar-refractivity contribution in [2.75, 3.05) is 20.2 Å². The van der Waals surface area contributed by atoms with Gasteiger partial charge in [0.1, 0.15) is 11.4 Å². The fourth-order valence-electron chi connectivity index (χ4n) is 3.72. The van der Waals surface area contributed by atoms with Gasteiger partial charge in [-0.2, -0.15) is 4.31 Å².